The summed E-state index contributed by atoms with van der Waals surface area (Å²) in [4.78, 5) is 15.4. The normalized spacial score (nSPS) is 17.2. The van der Waals surface area contributed by atoms with Crippen molar-refractivity contribution in [1.82, 2.24) is 4.90 Å². The van der Waals surface area contributed by atoms with Crippen molar-refractivity contribution in [1.29, 1.82) is 0 Å². The predicted octanol–water partition coefficient (Wildman–Crippen LogP) is 1.54. The molecule has 0 atom stereocenters. The van der Waals surface area contributed by atoms with Crippen LogP contribution in [-0.2, 0) is 4.79 Å². The molecule has 3 nitrogen and oxygen atoms in total. The summed E-state index contributed by atoms with van der Waals surface area (Å²) in [7, 11) is 0. The Balaban J connectivity index is 1.90. The number of rotatable bonds is 3. The Morgan fingerprint density at radius 2 is 1.76 bits per heavy atom. The van der Waals surface area contributed by atoms with Gasteiger partial charge in [0.1, 0.15) is 11.6 Å². The molecule has 0 amide bonds. The second-order valence-electron chi connectivity index (χ2n) is 4.44. The van der Waals surface area contributed by atoms with E-state index in [-0.39, 0.29) is 11.6 Å². The first-order valence-electron chi connectivity index (χ1n) is 5.87. The SMILES string of the molecule is CC(=O)CN1CCN(c2ccc(F)cc2)CC1. The number of hydrogen-bond acceptors (Lipinski definition) is 3. The lowest BCUT2D eigenvalue weighted by atomic mass is 10.2. The average Bonchev–Trinajstić information content (AvgIpc) is 2.30. The zero-order valence-corrected chi connectivity index (χ0v) is 10.0. The molecule has 0 unspecified atom stereocenters. The van der Waals surface area contributed by atoms with Crippen molar-refractivity contribution < 1.29 is 9.18 Å². The fourth-order valence-corrected chi connectivity index (χ4v) is 2.13. The van der Waals surface area contributed by atoms with Crippen LogP contribution in [0.3, 0.4) is 0 Å². The van der Waals surface area contributed by atoms with E-state index in [0.29, 0.717) is 6.54 Å². The van der Waals surface area contributed by atoms with Crippen LogP contribution in [-0.4, -0.2) is 43.4 Å². The summed E-state index contributed by atoms with van der Waals surface area (Å²) in [6.45, 7) is 5.70. The van der Waals surface area contributed by atoms with E-state index in [2.05, 4.69) is 9.80 Å². The van der Waals surface area contributed by atoms with Gasteiger partial charge in [-0.05, 0) is 31.2 Å². The number of halogens is 1. The Bertz CT molecular complexity index is 383. The largest absolute Gasteiger partial charge is 0.369 e. The molecule has 1 heterocycles. The van der Waals surface area contributed by atoms with Crippen LogP contribution in [0.5, 0.6) is 0 Å². The number of piperazine rings is 1. The van der Waals surface area contributed by atoms with Gasteiger partial charge in [-0.15, -0.1) is 0 Å². The molecule has 0 aliphatic carbocycles. The van der Waals surface area contributed by atoms with Crippen LogP contribution in [0.15, 0.2) is 24.3 Å². The van der Waals surface area contributed by atoms with E-state index >= 15 is 0 Å². The third-order valence-corrected chi connectivity index (χ3v) is 3.01. The number of nitrogens with zero attached hydrogens (tertiary/aromatic N) is 2. The van der Waals surface area contributed by atoms with E-state index in [1.165, 1.54) is 12.1 Å². The zero-order valence-electron chi connectivity index (χ0n) is 10.0. The smallest absolute Gasteiger partial charge is 0.143 e. The maximum Gasteiger partial charge on any atom is 0.143 e. The van der Waals surface area contributed by atoms with E-state index in [1.807, 2.05) is 0 Å². The molecule has 0 spiro atoms. The Morgan fingerprint density at radius 3 is 2.29 bits per heavy atom. The van der Waals surface area contributed by atoms with Crippen molar-refractivity contribution in [2.45, 2.75) is 6.92 Å². The van der Waals surface area contributed by atoms with Crippen molar-refractivity contribution in [3.8, 4) is 0 Å². The minimum absolute atomic E-state index is 0.205. The highest BCUT2D eigenvalue weighted by Crippen LogP contribution is 2.16. The van der Waals surface area contributed by atoms with Gasteiger partial charge in [-0.1, -0.05) is 0 Å². The highest BCUT2D eigenvalue weighted by molar-refractivity contribution is 5.77. The van der Waals surface area contributed by atoms with E-state index < -0.39 is 0 Å². The highest BCUT2D eigenvalue weighted by atomic mass is 19.1. The first-order chi connectivity index (χ1) is 8.15. The lowest BCUT2D eigenvalue weighted by Gasteiger charge is -2.35. The van der Waals surface area contributed by atoms with Gasteiger partial charge in [0.15, 0.2) is 0 Å². The van der Waals surface area contributed by atoms with E-state index in [9.17, 15) is 9.18 Å². The third kappa shape index (κ3) is 3.27. The van der Waals surface area contributed by atoms with Gasteiger partial charge >= 0.3 is 0 Å². The molecule has 1 aliphatic heterocycles. The second-order valence-corrected chi connectivity index (χ2v) is 4.44. The van der Waals surface area contributed by atoms with Crippen LogP contribution in [0.1, 0.15) is 6.92 Å². The number of hydrogen-bond donors (Lipinski definition) is 0. The molecular formula is C13H17FN2O. The number of ketones is 1. The van der Waals surface area contributed by atoms with Gasteiger partial charge in [0.05, 0.1) is 6.54 Å². The fraction of sp³-hybridized carbons (Fsp3) is 0.462. The number of anilines is 1. The molecule has 0 aromatic heterocycles. The van der Waals surface area contributed by atoms with Crippen molar-refractivity contribution in [3.63, 3.8) is 0 Å². The fourth-order valence-electron chi connectivity index (χ4n) is 2.13. The predicted molar refractivity (Wildman–Crippen MR) is 65.7 cm³/mol. The van der Waals surface area contributed by atoms with Crippen LogP contribution < -0.4 is 4.90 Å². The Labute approximate surface area is 101 Å². The molecular weight excluding hydrogens is 219 g/mol. The van der Waals surface area contributed by atoms with Gasteiger partial charge < -0.3 is 4.90 Å². The first-order valence-corrected chi connectivity index (χ1v) is 5.87. The molecule has 2 rings (SSSR count). The van der Waals surface area contributed by atoms with E-state index in [1.54, 1.807) is 19.1 Å². The van der Waals surface area contributed by atoms with Gasteiger partial charge in [0, 0.05) is 31.9 Å². The Morgan fingerprint density at radius 1 is 1.18 bits per heavy atom. The minimum atomic E-state index is -0.205. The van der Waals surface area contributed by atoms with Crippen molar-refractivity contribution in [2.24, 2.45) is 0 Å². The summed E-state index contributed by atoms with van der Waals surface area (Å²) in [6, 6.07) is 6.57. The Kier molecular flexibility index (Phi) is 3.74. The number of carbonyl (C=O) groups excluding carboxylic acids is 1. The molecule has 0 N–H and O–H groups in total. The molecule has 1 fully saturated rings. The van der Waals surface area contributed by atoms with Crippen LogP contribution >= 0.6 is 0 Å². The summed E-state index contributed by atoms with van der Waals surface area (Å²) in [6.07, 6.45) is 0. The first kappa shape index (κ1) is 12.0. The molecule has 0 radical (unpaired) electrons. The number of carbonyl (C=O) groups is 1. The van der Waals surface area contributed by atoms with Crippen molar-refractivity contribution >= 4 is 11.5 Å². The standard InChI is InChI=1S/C13H17FN2O/c1-11(17)10-15-6-8-16(9-7-15)13-4-2-12(14)3-5-13/h2-5H,6-10H2,1H3. The van der Waals surface area contributed by atoms with Crippen molar-refractivity contribution in [3.05, 3.63) is 30.1 Å². The highest BCUT2D eigenvalue weighted by Gasteiger charge is 2.17. The molecule has 1 saturated heterocycles. The molecule has 1 aromatic rings. The molecule has 4 heteroatoms. The monoisotopic (exact) mass is 236 g/mol. The maximum absolute atomic E-state index is 12.8. The molecule has 17 heavy (non-hydrogen) atoms. The van der Waals surface area contributed by atoms with Crippen molar-refractivity contribution in [2.75, 3.05) is 37.6 Å². The van der Waals surface area contributed by atoms with Crippen LogP contribution in [0.2, 0.25) is 0 Å². The Hall–Kier alpha value is -1.42. The molecule has 0 bridgehead atoms. The summed E-state index contributed by atoms with van der Waals surface area (Å²) in [5.74, 6) is 0.00389. The van der Waals surface area contributed by atoms with Crippen LogP contribution in [0.25, 0.3) is 0 Å². The van der Waals surface area contributed by atoms with Gasteiger partial charge in [-0.3, -0.25) is 9.69 Å². The minimum Gasteiger partial charge on any atom is -0.369 e. The number of benzene rings is 1. The number of Topliss-reactive ketones (excluding diaryl/α,β-unsaturated/α-hetero) is 1. The van der Waals surface area contributed by atoms with E-state index in [4.69, 9.17) is 0 Å². The molecule has 0 saturated carbocycles. The van der Waals surface area contributed by atoms with Crippen LogP contribution in [0, 0.1) is 5.82 Å². The molecule has 1 aliphatic rings. The maximum atomic E-state index is 12.8. The third-order valence-electron chi connectivity index (χ3n) is 3.01. The zero-order chi connectivity index (χ0) is 12.3. The lowest BCUT2D eigenvalue weighted by Crippen LogP contribution is -2.47. The van der Waals surface area contributed by atoms with Gasteiger partial charge in [0.2, 0.25) is 0 Å². The van der Waals surface area contributed by atoms with E-state index in [0.717, 1.165) is 31.9 Å². The second kappa shape index (κ2) is 5.27. The molecule has 92 valence electrons. The van der Waals surface area contributed by atoms with Gasteiger partial charge in [0.25, 0.3) is 0 Å². The summed E-state index contributed by atoms with van der Waals surface area (Å²) < 4.78 is 12.8. The average molecular weight is 236 g/mol. The quantitative estimate of drug-likeness (QED) is 0.795. The summed E-state index contributed by atoms with van der Waals surface area (Å²) in [5.41, 5.74) is 1.05. The lowest BCUT2D eigenvalue weighted by molar-refractivity contribution is -0.118. The summed E-state index contributed by atoms with van der Waals surface area (Å²) >= 11 is 0. The van der Waals surface area contributed by atoms with Gasteiger partial charge in [-0.2, -0.15) is 0 Å². The van der Waals surface area contributed by atoms with Gasteiger partial charge in [-0.25, -0.2) is 4.39 Å². The summed E-state index contributed by atoms with van der Waals surface area (Å²) in [5, 5.41) is 0. The van der Waals surface area contributed by atoms with Crippen LogP contribution in [0.4, 0.5) is 10.1 Å². The topological polar surface area (TPSA) is 23.6 Å². The molecule has 1 aromatic carbocycles.